The third-order valence-corrected chi connectivity index (χ3v) is 4.53. The largest absolute Gasteiger partial charge is 0.481 e. The Morgan fingerprint density at radius 2 is 1.73 bits per heavy atom. The molecule has 1 heterocycles. The molecule has 1 saturated heterocycles. The molecule has 1 fully saturated rings. The summed E-state index contributed by atoms with van der Waals surface area (Å²) >= 11 is 0. The van der Waals surface area contributed by atoms with Gasteiger partial charge in [0.2, 0.25) is 0 Å². The van der Waals surface area contributed by atoms with Crippen LogP contribution in [0, 0.1) is 0 Å². The second-order valence-corrected chi connectivity index (χ2v) is 5.87. The SMILES string of the molecule is O=C(O)CCN1CC[N+](CCO)(CCC(=O)O)C(CCO)C1. The van der Waals surface area contributed by atoms with E-state index in [0.29, 0.717) is 50.2 Å². The highest BCUT2D eigenvalue weighted by molar-refractivity contribution is 5.67. The van der Waals surface area contributed by atoms with E-state index in [-0.39, 0.29) is 32.1 Å². The summed E-state index contributed by atoms with van der Waals surface area (Å²) in [5.74, 6) is -1.71. The molecular formula is C14H27N2O6+. The molecule has 0 saturated carbocycles. The molecule has 0 radical (unpaired) electrons. The summed E-state index contributed by atoms with van der Waals surface area (Å²) in [7, 11) is 0. The van der Waals surface area contributed by atoms with Crippen molar-refractivity contribution in [3.8, 4) is 0 Å². The van der Waals surface area contributed by atoms with Crippen LogP contribution in [0.5, 0.6) is 0 Å². The van der Waals surface area contributed by atoms with E-state index in [1.807, 2.05) is 4.90 Å². The van der Waals surface area contributed by atoms with Crippen LogP contribution in [-0.2, 0) is 9.59 Å². The topological polar surface area (TPSA) is 118 Å². The lowest BCUT2D eigenvalue weighted by Crippen LogP contribution is -2.67. The van der Waals surface area contributed by atoms with Gasteiger partial charge in [0.1, 0.15) is 12.6 Å². The number of carbonyl (C=O) groups is 2. The molecule has 22 heavy (non-hydrogen) atoms. The molecule has 128 valence electrons. The van der Waals surface area contributed by atoms with Crippen molar-refractivity contribution >= 4 is 11.9 Å². The summed E-state index contributed by atoms with van der Waals surface area (Å²) in [6.07, 6.45) is 0.612. The maximum Gasteiger partial charge on any atom is 0.309 e. The van der Waals surface area contributed by atoms with Crippen LogP contribution in [0.25, 0.3) is 0 Å². The maximum absolute atomic E-state index is 10.9. The van der Waals surface area contributed by atoms with Crippen molar-refractivity contribution in [1.82, 2.24) is 4.90 Å². The first-order chi connectivity index (χ1) is 10.4. The highest BCUT2D eigenvalue weighted by Crippen LogP contribution is 2.23. The van der Waals surface area contributed by atoms with Crippen molar-refractivity contribution in [1.29, 1.82) is 0 Å². The van der Waals surface area contributed by atoms with E-state index in [0.717, 1.165) is 0 Å². The second-order valence-electron chi connectivity index (χ2n) is 5.87. The third kappa shape index (κ3) is 5.53. The Balaban J connectivity index is 2.76. The number of piperazine rings is 1. The molecule has 0 bridgehead atoms. The maximum atomic E-state index is 10.9. The zero-order valence-electron chi connectivity index (χ0n) is 12.9. The van der Waals surface area contributed by atoms with E-state index < -0.39 is 11.9 Å². The number of carboxylic acid groups (broad SMARTS) is 2. The Kier molecular flexibility index (Phi) is 7.74. The highest BCUT2D eigenvalue weighted by Gasteiger charge is 2.41. The summed E-state index contributed by atoms with van der Waals surface area (Å²) < 4.78 is 0.479. The number of aliphatic hydroxyl groups excluding tert-OH is 2. The minimum Gasteiger partial charge on any atom is -0.481 e. The van der Waals surface area contributed by atoms with Gasteiger partial charge in [-0.3, -0.25) is 14.5 Å². The quantitative estimate of drug-likeness (QED) is 0.374. The number of aliphatic carboxylic acids is 2. The van der Waals surface area contributed by atoms with E-state index in [2.05, 4.69) is 0 Å². The van der Waals surface area contributed by atoms with Crippen LogP contribution in [0.3, 0.4) is 0 Å². The van der Waals surface area contributed by atoms with Crippen molar-refractivity contribution < 1.29 is 34.5 Å². The van der Waals surface area contributed by atoms with Crippen LogP contribution in [-0.4, -0.2) is 100 Å². The van der Waals surface area contributed by atoms with E-state index in [4.69, 9.17) is 10.2 Å². The van der Waals surface area contributed by atoms with E-state index in [9.17, 15) is 19.8 Å². The molecule has 0 spiro atoms. The first kappa shape index (κ1) is 18.8. The van der Waals surface area contributed by atoms with Gasteiger partial charge in [-0.2, -0.15) is 0 Å². The van der Waals surface area contributed by atoms with Crippen LogP contribution in [0.4, 0.5) is 0 Å². The van der Waals surface area contributed by atoms with E-state index in [1.165, 1.54) is 0 Å². The highest BCUT2D eigenvalue weighted by atomic mass is 16.4. The summed E-state index contributed by atoms with van der Waals surface area (Å²) in [5, 5.41) is 36.4. The summed E-state index contributed by atoms with van der Waals surface area (Å²) in [5.41, 5.74) is 0. The lowest BCUT2D eigenvalue weighted by molar-refractivity contribution is -0.955. The number of hydrogen-bond donors (Lipinski definition) is 4. The van der Waals surface area contributed by atoms with Gasteiger partial charge >= 0.3 is 11.9 Å². The number of hydrogen-bond acceptors (Lipinski definition) is 5. The molecule has 2 unspecified atom stereocenters. The average molecular weight is 319 g/mol. The molecule has 0 amide bonds. The fourth-order valence-corrected chi connectivity index (χ4v) is 3.27. The summed E-state index contributed by atoms with van der Waals surface area (Å²) in [6.45, 7) is 3.26. The normalized spacial score (nSPS) is 26.0. The molecule has 8 nitrogen and oxygen atoms in total. The molecule has 0 aliphatic carbocycles. The monoisotopic (exact) mass is 319 g/mol. The van der Waals surface area contributed by atoms with Gasteiger partial charge in [0.25, 0.3) is 0 Å². The molecule has 0 aromatic rings. The predicted octanol–water partition coefficient (Wildman–Crippen LogP) is -1.19. The van der Waals surface area contributed by atoms with E-state index >= 15 is 0 Å². The van der Waals surface area contributed by atoms with Crippen molar-refractivity contribution in [2.75, 3.05) is 52.5 Å². The molecule has 8 heteroatoms. The number of nitrogens with zero attached hydrogens (tertiary/aromatic N) is 2. The fourth-order valence-electron chi connectivity index (χ4n) is 3.27. The Morgan fingerprint density at radius 1 is 1.05 bits per heavy atom. The lowest BCUT2D eigenvalue weighted by Gasteiger charge is -2.50. The van der Waals surface area contributed by atoms with Crippen molar-refractivity contribution in [2.45, 2.75) is 25.3 Å². The molecule has 0 aromatic heterocycles. The van der Waals surface area contributed by atoms with Gasteiger partial charge in [0, 0.05) is 26.1 Å². The zero-order valence-corrected chi connectivity index (χ0v) is 12.9. The van der Waals surface area contributed by atoms with Gasteiger partial charge in [0.15, 0.2) is 0 Å². The second kappa shape index (κ2) is 9.04. The van der Waals surface area contributed by atoms with Crippen LogP contribution < -0.4 is 0 Å². The van der Waals surface area contributed by atoms with Gasteiger partial charge in [-0.15, -0.1) is 0 Å². The lowest BCUT2D eigenvalue weighted by atomic mass is 10.0. The number of rotatable bonds is 10. The Morgan fingerprint density at radius 3 is 2.27 bits per heavy atom. The van der Waals surface area contributed by atoms with Crippen LogP contribution in [0.15, 0.2) is 0 Å². The predicted molar refractivity (Wildman–Crippen MR) is 78.4 cm³/mol. The van der Waals surface area contributed by atoms with E-state index in [1.54, 1.807) is 0 Å². The minimum atomic E-state index is -0.869. The van der Waals surface area contributed by atoms with Crippen molar-refractivity contribution in [3.05, 3.63) is 0 Å². The smallest absolute Gasteiger partial charge is 0.309 e. The van der Waals surface area contributed by atoms with Gasteiger partial charge in [0.05, 0.1) is 39.1 Å². The number of aliphatic hydroxyl groups is 2. The standard InChI is InChI=1S/C14H26N2O6/c17-9-3-12-11-15(4-1-13(19)20)5-7-16(12,8-10-18)6-2-14(21)22/h12,17-18H,1-11H2,(H-,19,20,21,22)/p+1. The number of carboxylic acids is 2. The first-order valence-corrected chi connectivity index (χ1v) is 7.67. The zero-order chi connectivity index (χ0) is 16.6. The van der Waals surface area contributed by atoms with Crippen LogP contribution in [0.2, 0.25) is 0 Å². The van der Waals surface area contributed by atoms with Crippen molar-refractivity contribution in [2.24, 2.45) is 0 Å². The average Bonchev–Trinajstić information content (AvgIpc) is 2.46. The molecule has 1 rings (SSSR count). The Hall–Kier alpha value is -1.22. The van der Waals surface area contributed by atoms with Crippen LogP contribution >= 0.6 is 0 Å². The van der Waals surface area contributed by atoms with Gasteiger partial charge in [-0.25, -0.2) is 0 Å². The summed E-state index contributed by atoms with van der Waals surface area (Å²) in [4.78, 5) is 23.6. The molecule has 0 aromatic carbocycles. The molecule has 1 aliphatic heterocycles. The van der Waals surface area contributed by atoms with Gasteiger partial charge < -0.3 is 24.9 Å². The van der Waals surface area contributed by atoms with Gasteiger partial charge in [-0.05, 0) is 0 Å². The third-order valence-electron chi connectivity index (χ3n) is 4.53. The Labute approximate surface area is 130 Å². The molecule has 1 aliphatic rings. The first-order valence-electron chi connectivity index (χ1n) is 7.67. The minimum absolute atomic E-state index is 0.00403. The molecule has 2 atom stereocenters. The van der Waals surface area contributed by atoms with Gasteiger partial charge in [-0.1, -0.05) is 0 Å². The Bertz CT molecular complexity index is 378. The fraction of sp³-hybridized carbons (Fsp3) is 0.857. The molecular weight excluding hydrogens is 292 g/mol. The molecule has 4 N–H and O–H groups in total. The van der Waals surface area contributed by atoms with Crippen LogP contribution in [0.1, 0.15) is 19.3 Å². The van der Waals surface area contributed by atoms with Crippen molar-refractivity contribution in [3.63, 3.8) is 0 Å². The summed E-state index contributed by atoms with van der Waals surface area (Å²) in [6, 6.07) is 0.0130. The number of quaternary nitrogens is 1.